The van der Waals surface area contributed by atoms with Crippen LogP contribution in [-0.4, -0.2) is 31.8 Å². The number of para-hydroxylation sites is 1. The SMILES string of the molecule is O=C(c1cc(Cl)ccc1NS(=O)(=O)c1ccc(Oc2ccccc2Cl)cc1)N(CC1CC1)C1CCCCC1. The molecule has 2 aliphatic carbocycles. The van der Waals surface area contributed by atoms with Crippen molar-refractivity contribution in [3.8, 4) is 11.5 Å². The van der Waals surface area contributed by atoms with Crippen molar-refractivity contribution in [3.05, 3.63) is 82.3 Å². The van der Waals surface area contributed by atoms with Crippen molar-refractivity contribution in [3.63, 3.8) is 0 Å². The zero-order valence-corrected chi connectivity index (χ0v) is 23.2. The number of amides is 1. The van der Waals surface area contributed by atoms with Gasteiger partial charge in [-0.25, -0.2) is 8.42 Å². The van der Waals surface area contributed by atoms with E-state index in [4.69, 9.17) is 27.9 Å². The molecule has 9 heteroatoms. The van der Waals surface area contributed by atoms with Gasteiger partial charge in [-0.1, -0.05) is 54.6 Å². The summed E-state index contributed by atoms with van der Waals surface area (Å²) in [6.07, 6.45) is 7.59. The van der Waals surface area contributed by atoms with Crippen molar-refractivity contribution in [1.29, 1.82) is 0 Å². The van der Waals surface area contributed by atoms with Gasteiger partial charge in [-0.05, 0) is 86.2 Å². The molecule has 1 amide bonds. The molecule has 0 radical (unpaired) electrons. The van der Waals surface area contributed by atoms with Gasteiger partial charge in [0, 0.05) is 17.6 Å². The third-order valence-electron chi connectivity index (χ3n) is 7.08. The van der Waals surface area contributed by atoms with Crippen LogP contribution in [0.2, 0.25) is 10.0 Å². The van der Waals surface area contributed by atoms with Gasteiger partial charge < -0.3 is 9.64 Å². The van der Waals surface area contributed by atoms with E-state index in [9.17, 15) is 13.2 Å². The normalized spacial score (nSPS) is 16.2. The number of nitrogens with one attached hydrogen (secondary N) is 1. The summed E-state index contributed by atoms with van der Waals surface area (Å²) in [6, 6.07) is 17.9. The molecule has 0 bridgehead atoms. The van der Waals surface area contributed by atoms with E-state index in [1.807, 2.05) is 4.90 Å². The minimum absolute atomic E-state index is 0.0412. The summed E-state index contributed by atoms with van der Waals surface area (Å²) in [6.45, 7) is 0.703. The van der Waals surface area contributed by atoms with Crippen LogP contribution < -0.4 is 9.46 Å². The molecular weight excluding hydrogens is 543 g/mol. The number of nitrogens with zero attached hydrogens (tertiary/aromatic N) is 1. The first-order chi connectivity index (χ1) is 18.3. The highest BCUT2D eigenvalue weighted by Crippen LogP contribution is 2.35. The molecule has 0 unspecified atom stereocenters. The van der Waals surface area contributed by atoms with Crippen molar-refractivity contribution in [1.82, 2.24) is 4.90 Å². The van der Waals surface area contributed by atoms with Gasteiger partial charge in [0.15, 0.2) is 0 Å². The first-order valence-corrected chi connectivity index (χ1v) is 15.2. The topological polar surface area (TPSA) is 75.7 Å². The Morgan fingerprint density at radius 1 is 0.921 bits per heavy atom. The molecule has 3 aromatic rings. The van der Waals surface area contributed by atoms with Crippen molar-refractivity contribution in [2.75, 3.05) is 11.3 Å². The Labute approximate surface area is 234 Å². The largest absolute Gasteiger partial charge is 0.456 e. The van der Waals surface area contributed by atoms with Crippen molar-refractivity contribution in [2.45, 2.75) is 55.9 Å². The summed E-state index contributed by atoms with van der Waals surface area (Å²) < 4.78 is 35.0. The lowest BCUT2D eigenvalue weighted by atomic mass is 9.93. The minimum Gasteiger partial charge on any atom is -0.456 e. The first kappa shape index (κ1) is 26.9. The summed E-state index contributed by atoms with van der Waals surface area (Å²) >= 11 is 12.4. The van der Waals surface area contributed by atoms with Gasteiger partial charge in [0.05, 0.1) is 21.2 Å². The maximum atomic E-state index is 13.9. The van der Waals surface area contributed by atoms with E-state index in [1.165, 1.54) is 18.6 Å². The fourth-order valence-electron chi connectivity index (χ4n) is 4.85. The molecule has 0 aliphatic heterocycles. The summed E-state index contributed by atoms with van der Waals surface area (Å²) in [5.74, 6) is 1.27. The molecule has 1 N–H and O–H groups in total. The second kappa shape index (κ2) is 11.6. The standard InChI is InChI=1S/C29H30Cl2N2O4S/c30-21-12-17-27(25(18-21)29(34)33(19-20-10-11-20)22-6-2-1-3-7-22)32-38(35,36)24-15-13-23(14-16-24)37-28-9-5-4-8-26(28)31/h4-5,8-9,12-18,20,22,32H,1-3,6-7,10-11,19H2. The zero-order chi connectivity index (χ0) is 26.7. The monoisotopic (exact) mass is 572 g/mol. The number of carbonyl (C=O) groups is 1. The average molecular weight is 574 g/mol. The van der Waals surface area contributed by atoms with Crippen LogP contribution in [0.4, 0.5) is 5.69 Å². The van der Waals surface area contributed by atoms with Crippen LogP contribution in [0.1, 0.15) is 55.3 Å². The predicted octanol–water partition coefficient (Wildman–Crippen LogP) is 7.77. The molecule has 38 heavy (non-hydrogen) atoms. The number of anilines is 1. The molecule has 0 heterocycles. The second-order valence-corrected chi connectivity index (χ2v) is 12.5. The van der Waals surface area contributed by atoms with E-state index < -0.39 is 10.0 Å². The maximum Gasteiger partial charge on any atom is 0.261 e. The second-order valence-electron chi connectivity index (χ2n) is 9.99. The van der Waals surface area contributed by atoms with Gasteiger partial charge in [-0.2, -0.15) is 0 Å². The molecule has 2 fully saturated rings. The number of halogens is 2. The summed E-state index contributed by atoms with van der Waals surface area (Å²) in [4.78, 5) is 15.9. The number of carbonyl (C=O) groups excluding carboxylic acids is 1. The Bertz CT molecular complexity index is 1400. The smallest absolute Gasteiger partial charge is 0.261 e. The Morgan fingerprint density at radius 2 is 1.63 bits per heavy atom. The fraction of sp³-hybridized carbons (Fsp3) is 0.345. The Morgan fingerprint density at radius 3 is 2.32 bits per heavy atom. The lowest BCUT2D eigenvalue weighted by molar-refractivity contribution is 0.0623. The molecule has 0 aromatic heterocycles. The number of ether oxygens (including phenoxy) is 1. The Balaban J connectivity index is 1.37. The summed E-state index contributed by atoms with van der Waals surface area (Å²) in [7, 11) is -3.99. The number of rotatable bonds is 9. The van der Waals surface area contributed by atoms with Crippen LogP contribution in [0.15, 0.2) is 71.6 Å². The van der Waals surface area contributed by atoms with Gasteiger partial charge in [0.1, 0.15) is 11.5 Å². The van der Waals surface area contributed by atoms with Gasteiger partial charge >= 0.3 is 0 Å². The third kappa shape index (κ3) is 6.45. The van der Waals surface area contributed by atoms with Gasteiger partial charge in [0.2, 0.25) is 0 Å². The van der Waals surface area contributed by atoms with E-state index in [0.717, 1.165) is 38.5 Å². The van der Waals surface area contributed by atoms with Crippen LogP contribution >= 0.6 is 23.2 Å². The molecule has 6 nitrogen and oxygen atoms in total. The molecule has 2 aliphatic rings. The van der Waals surface area contributed by atoms with Crippen LogP contribution in [0, 0.1) is 5.92 Å². The quantitative estimate of drug-likeness (QED) is 0.284. The van der Waals surface area contributed by atoms with Crippen LogP contribution in [-0.2, 0) is 10.0 Å². The van der Waals surface area contributed by atoms with E-state index in [1.54, 1.807) is 54.6 Å². The van der Waals surface area contributed by atoms with E-state index in [0.29, 0.717) is 34.0 Å². The van der Waals surface area contributed by atoms with Crippen LogP contribution in [0.3, 0.4) is 0 Å². The molecule has 0 atom stereocenters. The predicted molar refractivity (Wildman–Crippen MR) is 151 cm³/mol. The van der Waals surface area contributed by atoms with E-state index in [2.05, 4.69) is 4.72 Å². The molecule has 5 rings (SSSR count). The third-order valence-corrected chi connectivity index (χ3v) is 9.01. The van der Waals surface area contributed by atoms with Crippen LogP contribution in [0.25, 0.3) is 0 Å². The minimum atomic E-state index is -3.99. The lowest BCUT2D eigenvalue weighted by Gasteiger charge is -2.35. The molecule has 3 aromatic carbocycles. The molecule has 0 spiro atoms. The first-order valence-electron chi connectivity index (χ1n) is 13.0. The average Bonchev–Trinajstić information content (AvgIpc) is 3.74. The van der Waals surface area contributed by atoms with Gasteiger partial charge in [-0.3, -0.25) is 9.52 Å². The van der Waals surface area contributed by atoms with Gasteiger partial charge in [0.25, 0.3) is 15.9 Å². The van der Waals surface area contributed by atoms with Crippen molar-refractivity contribution >= 4 is 44.8 Å². The highest BCUT2D eigenvalue weighted by atomic mass is 35.5. The number of sulfonamides is 1. The van der Waals surface area contributed by atoms with Crippen molar-refractivity contribution in [2.24, 2.45) is 5.92 Å². The molecule has 0 saturated heterocycles. The zero-order valence-electron chi connectivity index (χ0n) is 20.9. The van der Waals surface area contributed by atoms with E-state index in [-0.39, 0.29) is 28.1 Å². The highest BCUT2D eigenvalue weighted by molar-refractivity contribution is 7.92. The summed E-state index contributed by atoms with van der Waals surface area (Å²) in [5.41, 5.74) is 0.485. The number of benzene rings is 3. The fourth-order valence-corrected chi connectivity index (χ4v) is 6.28. The molecule has 2 saturated carbocycles. The Kier molecular flexibility index (Phi) is 8.17. The lowest BCUT2D eigenvalue weighted by Crippen LogP contribution is -2.43. The molecule has 200 valence electrons. The summed E-state index contributed by atoms with van der Waals surface area (Å²) in [5, 5.41) is 0.835. The highest BCUT2D eigenvalue weighted by Gasteiger charge is 2.33. The van der Waals surface area contributed by atoms with Crippen molar-refractivity contribution < 1.29 is 17.9 Å². The van der Waals surface area contributed by atoms with Gasteiger partial charge in [-0.15, -0.1) is 0 Å². The van der Waals surface area contributed by atoms with E-state index >= 15 is 0 Å². The number of hydrogen-bond acceptors (Lipinski definition) is 4. The maximum absolute atomic E-state index is 13.9. The number of hydrogen-bond donors (Lipinski definition) is 1. The van der Waals surface area contributed by atoms with Crippen LogP contribution in [0.5, 0.6) is 11.5 Å². The molecular formula is C29H30Cl2N2O4S. The Hall–Kier alpha value is -2.74.